The molecule has 1 aromatic carbocycles. The molecule has 2 rings (SSSR count). The summed E-state index contributed by atoms with van der Waals surface area (Å²) in [6.45, 7) is 4.76. The summed E-state index contributed by atoms with van der Waals surface area (Å²) >= 11 is 5.81. The molecule has 0 aliphatic heterocycles. The van der Waals surface area contributed by atoms with Crippen molar-refractivity contribution in [2.24, 2.45) is 5.92 Å². The van der Waals surface area contributed by atoms with Gasteiger partial charge in [0.1, 0.15) is 11.4 Å². The van der Waals surface area contributed by atoms with E-state index in [0.717, 1.165) is 6.42 Å². The lowest BCUT2D eigenvalue weighted by Gasteiger charge is -2.08. The third-order valence-corrected chi connectivity index (χ3v) is 3.58. The maximum atomic E-state index is 12.2. The van der Waals surface area contributed by atoms with E-state index in [1.807, 2.05) is 0 Å². The van der Waals surface area contributed by atoms with Gasteiger partial charge >= 0.3 is 0 Å². The number of carbonyl (C=O) groups is 2. The highest BCUT2D eigenvalue weighted by Crippen LogP contribution is 2.14. The van der Waals surface area contributed by atoms with Crippen molar-refractivity contribution in [2.75, 3.05) is 11.9 Å². The Labute approximate surface area is 146 Å². The van der Waals surface area contributed by atoms with Crippen LogP contribution in [0.3, 0.4) is 0 Å². The Bertz CT molecular complexity index is 714. The van der Waals surface area contributed by atoms with Crippen molar-refractivity contribution in [3.05, 3.63) is 58.9 Å². The van der Waals surface area contributed by atoms with Gasteiger partial charge < -0.3 is 10.6 Å². The predicted octanol–water partition coefficient (Wildman–Crippen LogP) is 3.76. The van der Waals surface area contributed by atoms with E-state index in [0.29, 0.717) is 23.2 Å². The molecule has 0 unspecified atom stereocenters. The number of hydrogen-bond donors (Lipinski definition) is 2. The minimum absolute atomic E-state index is 0.182. The van der Waals surface area contributed by atoms with Crippen LogP contribution in [0.5, 0.6) is 0 Å². The molecule has 24 heavy (non-hydrogen) atoms. The summed E-state index contributed by atoms with van der Waals surface area (Å²) in [7, 11) is 0. The first-order chi connectivity index (χ1) is 11.5. The first kappa shape index (κ1) is 17.9. The van der Waals surface area contributed by atoms with Gasteiger partial charge in [-0.2, -0.15) is 0 Å². The molecule has 0 bridgehead atoms. The predicted molar refractivity (Wildman–Crippen MR) is 95.4 cm³/mol. The van der Waals surface area contributed by atoms with Crippen molar-refractivity contribution < 1.29 is 9.59 Å². The molecule has 2 amide bonds. The first-order valence-corrected chi connectivity index (χ1v) is 8.15. The lowest BCUT2D eigenvalue weighted by molar-refractivity contribution is 0.0947. The number of nitrogens with zero attached hydrogens (tertiary/aromatic N) is 1. The van der Waals surface area contributed by atoms with E-state index in [2.05, 4.69) is 29.5 Å². The summed E-state index contributed by atoms with van der Waals surface area (Å²) in [6.07, 6.45) is 0.891. The van der Waals surface area contributed by atoms with Gasteiger partial charge in [-0.25, -0.2) is 4.98 Å². The average Bonchev–Trinajstić information content (AvgIpc) is 2.56. The van der Waals surface area contributed by atoms with Gasteiger partial charge in [0, 0.05) is 17.3 Å². The molecule has 0 fully saturated rings. The molecule has 126 valence electrons. The molecule has 5 nitrogen and oxygen atoms in total. The number of anilines is 1. The fraction of sp³-hybridized carbons (Fsp3) is 0.278. The van der Waals surface area contributed by atoms with Crippen LogP contribution in [0.15, 0.2) is 42.5 Å². The van der Waals surface area contributed by atoms with Gasteiger partial charge in [-0.15, -0.1) is 0 Å². The van der Waals surface area contributed by atoms with Crippen molar-refractivity contribution >= 4 is 29.1 Å². The quantitative estimate of drug-likeness (QED) is 0.837. The van der Waals surface area contributed by atoms with Gasteiger partial charge in [0.05, 0.1) is 0 Å². The Kier molecular flexibility index (Phi) is 6.32. The van der Waals surface area contributed by atoms with E-state index in [4.69, 9.17) is 11.6 Å². The van der Waals surface area contributed by atoms with Crippen LogP contribution in [0.2, 0.25) is 5.02 Å². The zero-order chi connectivity index (χ0) is 17.5. The molecule has 1 aromatic heterocycles. The lowest BCUT2D eigenvalue weighted by Crippen LogP contribution is -2.27. The summed E-state index contributed by atoms with van der Waals surface area (Å²) in [6, 6.07) is 11.6. The van der Waals surface area contributed by atoms with Gasteiger partial charge in [-0.05, 0) is 48.7 Å². The second-order valence-corrected chi connectivity index (χ2v) is 6.24. The van der Waals surface area contributed by atoms with Crippen molar-refractivity contribution in [1.29, 1.82) is 0 Å². The maximum Gasteiger partial charge on any atom is 0.274 e. The second-order valence-electron chi connectivity index (χ2n) is 5.81. The SMILES string of the molecule is CC(C)CCNC(=O)c1cccc(C(=O)Nc2ccc(Cl)cc2)n1. The number of nitrogens with one attached hydrogen (secondary N) is 2. The van der Waals surface area contributed by atoms with Gasteiger partial charge in [-0.3, -0.25) is 9.59 Å². The molecule has 0 saturated carbocycles. The number of aromatic nitrogens is 1. The molecule has 0 radical (unpaired) electrons. The van der Waals surface area contributed by atoms with Crippen molar-refractivity contribution in [2.45, 2.75) is 20.3 Å². The van der Waals surface area contributed by atoms with Gasteiger partial charge in [-0.1, -0.05) is 31.5 Å². The van der Waals surface area contributed by atoms with Crippen LogP contribution in [0, 0.1) is 5.92 Å². The van der Waals surface area contributed by atoms with Crippen LogP contribution in [0.1, 0.15) is 41.2 Å². The van der Waals surface area contributed by atoms with Crippen LogP contribution >= 0.6 is 11.6 Å². The van der Waals surface area contributed by atoms with Gasteiger partial charge in [0.2, 0.25) is 0 Å². The Morgan fingerprint density at radius 1 is 1.04 bits per heavy atom. The Balaban J connectivity index is 2.02. The van der Waals surface area contributed by atoms with Crippen molar-refractivity contribution in [3.8, 4) is 0 Å². The topological polar surface area (TPSA) is 71.1 Å². The maximum absolute atomic E-state index is 12.2. The third-order valence-electron chi connectivity index (χ3n) is 3.32. The number of rotatable bonds is 6. The molecule has 2 N–H and O–H groups in total. The number of pyridine rings is 1. The van der Waals surface area contributed by atoms with Gasteiger partial charge in [0.15, 0.2) is 0 Å². The van der Waals surface area contributed by atoms with Crippen molar-refractivity contribution in [3.63, 3.8) is 0 Å². The van der Waals surface area contributed by atoms with E-state index in [-0.39, 0.29) is 23.2 Å². The molecule has 6 heteroatoms. The Hall–Kier alpha value is -2.40. The Morgan fingerprint density at radius 2 is 1.67 bits per heavy atom. The number of benzene rings is 1. The molecule has 0 saturated heterocycles. The molecule has 0 aliphatic carbocycles. The summed E-state index contributed by atoms with van der Waals surface area (Å²) in [4.78, 5) is 28.4. The first-order valence-electron chi connectivity index (χ1n) is 7.78. The number of hydrogen-bond acceptors (Lipinski definition) is 3. The van der Waals surface area contributed by atoms with Crippen molar-refractivity contribution in [1.82, 2.24) is 10.3 Å². The molecular weight excluding hydrogens is 326 g/mol. The summed E-state index contributed by atoms with van der Waals surface area (Å²) in [5.41, 5.74) is 1.02. The third kappa shape index (κ3) is 5.35. The highest BCUT2D eigenvalue weighted by atomic mass is 35.5. The minimum Gasteiger partial charge on any atom is -0.351 e. The summed E-state index contributed by atoms with van der Waals surface area (Å²) < 4.78 is 0. The highest BCUT2D eigenvalue weighted by molar-refractivity contribution is 6.30. The summed E-state index contributed by atoms with van der Waals surface area (Å²) in [5.74, 6) is -0.152. The minimum atomic E-state index is -0.380. The molecule has 0 spiro atoms. The van der Waals surface area contributed by atoms with E-state index in [9.17, 15) is 9.59 Å². The molecule has 0 atom stereocenters. The smallest absolute Gasteiger partial charge is 0.274 e. The number of halogens is 1. The van der Waals surface area contributed by atoms with Gasteiger partial charge in [0.25, 0.3) is 11.8 Å². The van der Waals surface area contributed by atoms with Crippen LogP contribution < -0.4 is 10.6 Å². The fourth-order valence-corrected chi connectivity index (χ4v) is 2.11. The molecular formula is C18H20ClN3O2. The average molecular weight is 346 g/mol. The number of carbonyl (C=O) groups excluding carboxylic acids is 2. The normalized spacial score (nSPS) is 10.5. The second kappa shape index (κ2) is 8.45. The van der Waals surface area contributed by atoms with E-state index >= 15 is 0 Å². The molecule has 0 aliphatic rings. The van der Waals surface area contributed by atoms with E-state index < -0.39 is 0 Å². The van der Waals surface area contributed by atoms with E-state index in [1.54, 1.807) is 42.5 Å². The van der Waals surface area contributed by atoms with Crippen LogP contribution in [-0.2, 0) is 0 Å². The molecule has 2 aromatic rings. The monoisotopic (exact) mass is 345 g/mol. The molecule has 1 heterocycles. The van der Waals surface area contributed by atoms with E-state index in [1.165, 1.54) is 0 Å². The Morgan fingerprint density at radius 3 is 2.29 bits per heavy atom. The lowest BCUT2D eigenvalue weighted by atomic mass is 10.1. The summed E-state index contributed by atoms with van der Waals surface area (Å²) in [5, 5.41) is 6.11. The zero-order valence-electron chi connectivity index (χ0n) is 13.7. The highest BCUT2D eigenvalue weighted by Gasteiger charge is 2.12. The van der Waals surface area contributed by atoms with Crippen LogP contribution in [-0.4, -0.2) is 23.3 Å². The van der Waals surface area contributed by atoms with Crippen LogP contribution in [0.4, 0.5) is 5.69 Å². The zero-order valence-corrected chi connectivity index (χ0v) is 14.4. The number of amides is 2. The standard InChI is InChI=1S/C18H20ClN3O2/c1-12(2)10-11-20-17(23)15-4-3-5-16(22-15)18(24)21-14-8-6-13(19)7-9-14/h3-9,12H,10-11H2,1-2H3,(H,20,23)(H,21,24). The van der Waals surface area contributed by atoms with Crippen LogP contribution in [0.25, 0.3) is 0 Å². The largest absolute Gasteiger partial charge is 0.351 e. The fourth-order valence-electron chi connectivity index (χ4n) is 1.98.